The predicted molar refractivity (Wildman–Crippen MR) is 94.7 cm³/mol. The first-order valence-electron chi connectivity index (χ1n) is 8.37. The molecule has 1 aliphatic heterocycles. The Balaban J connectivity index is 2.08. The molecule has 0 aromatic heterocycles. The summed E-state index contributed by atoms with van der Waals surface area (Å²) in [5, 5.41) is 0. The van der Waals surface area contributed by atoms with E-state index in [0.717, 1.165) is 18.2 Å². The second-order valence-electron chi connectivity index (χ2n) is 6.53. The molecule has 1 fully saturated rings. The Hall–Kier alpha value is -1.99. The SMILES string of the molecule is COc1cc(C)c(S(=O)(=O)N2CCCC2c2cc(F)ccc2F)c(C)c1. The first-order chi connectivity index (χ1) is 12.3. The summed E-state index contributed by atoms with van der Waals surface area (Å²) in [5.41, 5.74) is 1.20. The van der Waals surface area contributed by atoms with Crippen molar-refractivity contribution < 1.29 is 21.9 Å². The fourth-order valence-corrected chi connectivity index (χ4v) is 5.75. The molecular weight excluding hydrogens is 360 g/mol. The number of ether oxygens (including phenoxy) is 1. The highest BCUT2D eigenvalue weighted by atomic mass is 32.2. The monoisotopic (exact) mass is 381 g/mol. The molecule has 1 unspecified atom stereocenters. The average molecular weight is 381 g/mol. The highest BCUT2D eigenvalue weighted by Crippen LogP contribution is 2.39. The van der Waals surface area contributed by atoms with Crippen molar-refractivity contribution in [2.24, 2.45) is 0 Å². The maximum absolute atomic E-state index is 14.2. The number of nitrogens with zero attached hydrogens (tertiary/aromatic N) is 1. The van der Waals surface area contributed by atoms with Crippen LogP contribution in [0.3, 0.4) is 0 Å². The fourth-order valence-electron chi connectivity index (χ4n) is 3.66. The molecule has 0 radical (unpaired) electrons. The number of methoxy groups -OCH3 is 1. The number of benzene rings is 2. The first-order valence-corrected chi connectivity index (χ1v) is 9.81. The molecule has 3 rings (SSSR count). The van der Waals surface area contributed by atoms with Crippen molar-refractivity contribution in [2.75, 3.05) is 13.7 Å². The molecule has 26 heavy (non-hydrogen) atoms. The van der Waals surface area contributed by atoms with Crippen molar-refractivity contribution >= 4 is 10.0 Å². The summed E-state index contributed by atoms with van der Waals surface area (Å²) in [6.07, 6.45) is 1.04. The molecule has 0 amide bonds. The molecule has 0 N–H and O–H groups in total. The maximum atomic E-state index is 14.2. The van der Waals surface area contributed by atoms with Crippen LogP contribution in [-0.4, -0.2) is 26.4 Å². The van der Waals surface area contributed by atoms with Crippen molar-refractivity contribution in [3.63, 3.8) is 0 Å². The Morgan fingerprint density at radius 1 is 1.12 bits per heavy atom. The molecule has 2 aromatic rings. The van der Waals surface area contributed by atoms with E-state index in [1.54, 1.807) is 26.0 Å². The van der Waals surface area contributed by atoms with Crippen molar-refractivity contribution in [3.05, 3.63) is 58.7 Å². The molecule has 0 bridgehead atoms. The molecule has 7 heteroatoms. The van der Waals surface area contributed by atoms with E-state index >= 15 is 0 Å². The molecular formula is C19H21F2NO3S. The molecule has 1 aliphatic rings. The van der Waals surface area contributed by atoms with E-state index < -0.39 is 27.7 Å². The Kier molecular flexibility index (Phi) is 5.03. The first kappa shape index (κ1) is 18.8. The largest absolute Gasteiger partial charge is 0.497 e. The normalized spacial score (nSPS) is 18.3. The van der Waals surface area contributed by atoms with Crippen LogP contribution in [0, 0.1) is 25.5 Å². The van der Waals surface area contributed by atoms with Gasteiger partial charge in [-0.05, 0) is 68.1 Å². The molecule has 2 aromatic carbocycles. The van der Waals surface area contributed by atoms with E-state index in [0.29, 0.717) is 29.7 Å². The van der Waals surface area contributed by atoms with Crippen LogP contribution in [0.2, 0.25) is 0 Å². The second-order valence-corrected chi connectivity index (χ2v) is 8.36. The lowest BCUT2D eigenvalue weighted by Crippen LogP contribution is -2.32. The minimum Gasteiger partial charge on any atom is -0.497 e. The third kappa shape index (κ3) is 3.21. The van der Waals surface area contributed by atoms with Gasteiger partial charge >= 0.3 is 0 Å². The average Bonchev–Trinajstić information content (AvgIpc) is 3.06. The predicted octanol–water partition coefficient (Wildman–Crippen LogP) is 4.12. The van der Waals surface area contributed by atoms with Gasteiger partial charge in [0.1, 0.15) is 17.4 Å². The number of rotatable bonds is 4. The summed E-state index contributed by atoms with van der Waals surface area (Å²) in [7, 11) is -2.34. The second kappa shape index (κ2) is 6.96. The van der Waals surface area contributed by atoms with Gasteiger partial charge in [-0.25, -0.2) is 17.2 Å². The Morgan fingerprint density at radius 2 is 1.77 bits per heavy atom. The van der Waals surface area contributed by atoms with E-state index in [-0.39, 0.29) is 17.0 Å². The van der Waals surface area contributed by atoms with Crippen molar-refractivity contribution in [1.82, 2.24) is 4.31 Å². The molecule has 1 saturated heterocycles. The molecule has 4 nitrogen and oxygen atoms in total. The van der Waals surface area contributed by atoms with Crippen LogP contribution in [0.25, 0.3) is 0 Å². The highest BCUT2D eigenvalue weighted by molar-refractivity contribution is 7.89. The van der Waals surface area contributed by atoms with Gasteiger partial charge in [0, 0.05) is 12.1 Å². The summed E-state index contributed by atoms with van der Waals surface area (Å²) in [4.78, 5) is 0.196. The van der Waals surface area contributed by atoms with E-state index in [1.165, 1.54) is 11.4 Å². The van der Waals surface area contributed by atoms with Crippen LogP contribution >= 0.6 is 0 Å². The van der Waals surface area contributed by atoms with Gasteiger partial charge in [-0.15, -0.1) is 0 Å². The molecule has 0 spiro atoms. The maximum Gasteiger partial charge on any atom is 0.244 e. The van der Waals surface area contributed by atoms with Crippen LogP contribution in [0.15, 0.2) is 35.2 Å². The lowest BCUT2D eigenvalue weighted by atomic mass is 10.0. The standard InChI is InChI=1S/C19H21F2NO3S/c1-12-9-15(25-3)10-13(2)19(12)26(23,24)22-8-4-5-18(22)16-11-14(20)6-7-17(16)21/h6-7,9-11,18H,4-5,8H2,1-3H3. The fraction of sp³-hybridized carbons (Fsp3) is 0.368. The van der Waals surface area contributed by atoms with E-state index in [4.69, 9.17) is 4.74 Å². The number of hydrogen-bond acceptors (Lipinski definition) is 3. The van der Waals surface area contributed by atoms with E-state index in [2.05, 4.69) is 0 Å². The van der Waals surface area contributed by atoms with Crippen LogP contribution in [0.5, 0.6) is 5.75 Å². The van der Waals surface area contributed by atoms with Gasteiger partial charge in [-0.1, -0.05) is 0 Å². The number of aryl methyl sites for hydroxylation is 2. The quantitative estimate of drug-likeness (QED) is 0.801. The van der Waals surface area contributed by atoms with Crippen LogP contribution in [0.1, 0.15) is 35.6 Å². The summed E-state index contributed by atoms with van der Waals surface area (Å²) < 4.78 is 61.0. The molecule has 1 atom stereocenters. The minimum atomic E-state index is -3.86. The number of hydrogen-bond donors (Lipinski definition) is 0. The van der Waals surface area contributed by atoms with Gasteiger partial charge in [0.15, 0.2) is 0 Å². The summed E-state index contributed by atoms with van der Waals surface area (Å²) in [5.74, 6) is -0.600. The lowest BCUT2D eigenvalue weighted by molar-refractivity contribution is 0.383. The van der Waals surface area contributed by atoms with Crippen LogP contribution in [-0.2, 0) is 10.0 Å². The van der Waals surface area contributed by atoms with E-state index in [1.807, 2.05) is 0 Å². The van der Waals surface area contributed by atoms with Gasteiger partial charge in [0.25, 0.3) is 0 Å². The zero-order chi connectivity index (χ0) is 19.1. The van der Waals surface area contributed by atoms with Crippen molar-refractivity contribution in [2.45, 2.75) is 37.6 Å². The zero-order valence-corrected chi connectivity index (χ0v) is 15.7. The summed E-state index contributed by atoms with van der Waals surface area (Å²) in [6, 6.07) is 5.77. The lowest BCUT2D eigenvalue weighted by Gasteiger charge is -2.26. The molecule has 140 valence electrons. The molecule has 0 saturated carbocycles. The smallest absolute Gasteiger partial charge is 0.244 e. The summed E-state index contributed by atoms with van der Waals surface area (Å²) in [6.45, 7) is 3.68. The minimum absolute atomic E-state index is 0.0786. The summed E-state index contributed by atoms with van der Waals surface area (Å²) >= 11 is 0. The molecule has 1 heterocycles. The topological polar surface area (TPSA) is 46.6 Å². The Labute approximate surface area is 152 Å². The van der Waals surface area contributed by atoms with Crippen LogP contribution < -0.4 is 4.74 Å². The third-order valence-corrected chi connectivity index (χ3v) is 6.97. The zero-order valence-electron chi connectivity index (χ0n) is 14.9. The van der Waals surface area contributed by atoms with Gasteiger partial charge in [-0.2, -0.15) is 4.31 Å². The molecule has 0 aliphatic carbocycles. The number of halogens is 2. The van der Waals surface area contributed by atoms with Gasteiger partial charge in [0.2, 0.25) is 10.0 Å². The Bertz CT molecular complexity index is 921. The highest BCUT2D eigenvalue weighted by Gasteiger charge is 2.39. The van der Waals surface area contributed by atoms with Gasteiger partial charge in [0.05, 0.1) is 18.0 Å². The van der Waals surface area contributed by atoms with Crippen molar-refractivity contribution in [3.8, 4) is 5.75 Å². The number of sulfonamides is 1. The van der Waals surface area contributed by atoms with E-state index in [9.17, 15) is 17.2 Å². The van der Waals surface area contributed by atoms with Gasteiger partial charge in [-0.3, -0.25) is 0 Å². The van der Waals surface area contributed by atoms with Gasteiger partial charge < -0.3 is 4.74 Å². The van der Waals surface area contributed by atoms with Crippen LogP contribution in [0.4, 0.5) is 8.78 Å². The van der Waals surface area contributed by atoms with Crippen molar-refractivity contribution in [1.29, 1.82) is 0 Å². The third-order valence-electron chi connectivity index (χ3n) is 4.76. The Morgan fingerprint density at radius 3 is 2.38 bits per heavy atom.